The van der Waals surface area contributed by atoms with E-state index in [2.05, 4.69) is 5.16 Å². The molecule has 0 N–H and O–H groups in total. The average molecular weight is 392 g/mol. The molecule has 0 aliphatic rings. The quantitative estimate of drug-likeness (QED) is 0.292. The van der Waals surface area contributed by atoms with E-state index in [-0.39, 0.29) is 11.3 Å². The Morgan fingerprint density at radius 2 is 1.97 bits per heavy atom. The number of rotatable bonds is 4. The van der Waals surface area contributed by atoms with E-state index in [0.717, 1.165) is 5.52 Å². The van der Waals surface area contributed by atoms with E-state index in [1.165, 1.54) is 19.1 Å². The van der Waals surface area contributed by atoms with E-state index in [0.29, 0.717) is 33.7 Å². The Morgan fingerprint density at radius 1 is 1.17 bits per heavy atom. The first-order chi connectivity index (χ1) is 13.8. The van der Waals surface area contributed by atoms with Crippen molar-refractivity contribution >= 4 is 22.7 Å². The van der Waals surface area contributed by atoms with Gasteiger partial charge in [0, 0.05) is 42.7 Å². The summed E-state index contributed by atoms with van der Waals surface area (Å²) in [5, 5.41) is 4.67. The van der Waals surface area contributed by atoms with Gasteiger partial charge in [-0.05, 0) is 31.2 Å². The molecule has 29 heavy (non-hydrogen) atoms. The van der Waals surface area contributed by atoms with Gasteiger partial charge in [0.1, 0.15) is 23.0 Å². The monoisotopic (exact) mass is 392 g/mol. The fourth-order valence-electron chi connectivity index (χ4n) is 3.38. The number of aryl methyl sites for hydroxylation is 2. The van der Waals surface area contributed by atoms with Gasteiger partial charge in [-0.25, -0.2) is 4.39 Å². The molecule has 0 saturated carbocycles. The zero-order valence-electron chi connectivity index (χ0n) is 16.0. The summed E-state index contributed by atoms with van der Waals surface area (Å²) in [5.74, 6) is -0.386. The third-order valence-corrected chi connectivity index (χ3v) is 4.66. The van der Waals surface area contributed by atoms with Gasteiger partial charge in [-0.15, -0.1) is 0 Å². The van der Waals surface area contributed by atoms with Gasteiger partial charge < -0.3 is 13.8 Å². The van der Waals surface area contributed by atoms with E-state index in [1.807, 2.05) is 0 Å². The van der Waals surface area contributed by atoms with Crippen molar-refractivity contribution in [3.05, 3.63) is 71.4 Å². The maximum absolute atomic E-state index is 13.7. The molecule has 0 radical (unpaired) electrons. The Morgan fingerprint density at radius 3 is 2.69 bits per heavy atom. The fourth-order valence-corrected chi connectivity index (χ4v) is 3.38. The summed E-state index contributed by atoms with van der Waals surface area (Å²) in [5.41, 5.74) is 2.21. The summed E-state index contributed by atoms with van der Waals surface area (Å²) >= 11 is 0. The van der Waals surface area contributed by atoms with Crippen LogP contribution in [0.15, 0.2) is 53.2 Å². The minimum Gasteiger partial charge on any atom is -0.427 e. The largest absolute Gasteiger partial charge is 0.427 e. The highest BCUT2D eigenvalue weighted by Crippen LogP contribution is 2.32. The van der Waals surface area contributed by atoms with Gasteiger partial charge in [-0.2, -0.15) is 0 Å². The molecule has 2 aromatic heterocycles. The number of esters is 1. The maximum Gasteiger partial charge on any atom is 0.308 e. The maximum atomic E-state index is 13.7. The first-order valence-electron chi connectivity index (χ1n) is 8.89. The molecule has 4 aromatic rings. The molecular formula is C22H17FN2O4. The molecule has 2 heterocycles. The Labute approximate surface area is 165 Å². The van der Waals surface area contributed by atoms with Crippen LogP contribution in [-0.2, 0) is 11.8 Å². The summed E-state index contributed by atoms with van der Waals surface area (Å²) in [4.78, 5) is 24.6. The van der Waals surface area contributed by atoms with E-state index < -0.39 is 11.8 Å². The van der Waals surface area contributed by atoms with Crippen molar-refractivity contribution in [1.29, 1.82) is 0 Å². The number of nitrogens with zero attached hydrogens (tertiary/aromatic N) is 2. The van der Waals surface area contributed by atoms with Crippen LogP contribution in [0.5, 0.6) is 5.75 Å². The number of hydrogen-bond donors (Lipinski definition) is 0. The van der Waals surface area contributed by atoms with E-state index >= 15 is 0 Å². The highest BCUT2D eigenvalue weighted by Gasteiger charge is 2.25. The molecule has 6 nitrogen and oxygen atoms in total. The molecule has 7 heteroatoms. The lowest BCUT2D eigenvalue weighted by molar-refractivity contribution is -0.131. The van der Waals surface area contributed by atoms with Gasteiger partial charge in [0.25, 0.3) is 0 Å². The zero-order chi connectivity index (χ0) is 20.7. The number of benzene rings is 2. The summed E-state index contributed by atoms with van der Waals surface area (Å²) < 4.78 is 25.8. The van der Waals surface area contributed by atoms with Crippen LogP contribution in [0.1, 0.15) is 28.6 Å². The smallest absolute Gasteiger partial charge is 0.308 e. The summed E-state index contributed by atoms with van der Waals surface area (Å²) in [7, 11) is 1.80. The lowest BCUT2D eigenvalue weighted by atomic mass is 9.98. The number of halogens is 1. The predicted octanol–water partition coefficient (Wildman–Crippen LogP) is 4.44. The van der Waals surface area contributed by atoms with Crippen LogP contribution in [0.25, 0.3) is 22.2 Å². The Balaban J connectivity index is 1.83. The number of fused-ring (bicyclic) bond motifs is 1. The molecule has 0 aliphatic heterocycles. The topological polar surface area (TPSA) is 74.3 Å². The summed E-state index contributed by atoms with van der Waals surface area (Å²) in [6.07, 6.45) is 1.70. The van der Waals surface area contributed by atoms with Gasteiger partial charge in [0.05, 0.1) is 11.1 Å². The Hall–Kier alpha value is -3.74. The first-order valence-corrected chi connectivity index (χ1v) is 8.89. The molecule has 0 amide bonds. The predicted molar refractivity (Wildman–Crippen MR) is 104 cm³/mol. The molecule has 0 atom stereocenters. The lowest BCUT2D eigenvalue weighted by Gasteiger charge is -2.04. The fraction of sp³-hybridized carbons (Fsp3) is 0.136. The molecule has 0 saturated heterocycles. The van der Waals surface area contributed by atoms with Crippen molar-refractivity contribution in [2.24, 2.45) is 7.05 Å². The Kier molecular flexibility index (Phi) is 4.50. The summed E-state index contributed by atoms with van der Waals surface area (Å²) in [6.45, 7) is 2.97. The van der Waals surface area contributed by atoms with Crippen LogP contribution >= 0.6 is 0 Å². The van der Waals surface area contributed by atoms with Crippen molar-refractivity contribution in [2.75, 3.05) is 0 Å². The molecular weight excluding hydrogens is 375 g/mol. The van der Waals surface area contributed by atoms with Gasteiger partial charge in [0.15, 0.2) is 0 Å². The van der Waals surface area contributed by atoms with E-state index in [9.17, 15) is 14.0 Å². The van der Waals surface area contributed by atoms with E-state index in [4.69, 9.17) is 9.26 Å². The second-order valence-corrected chi connectivity index (χ2v) is 6.73. The third kappa shape index (κ3) is 3.31. The molecule has 0 spiro atoms. The first kappa shape index (κ1) is 18.6. The molecule has 0 bridgehead atoms. The standard InChI is InChI=1S/C22H17FN2O4/c1-12-20(21(24-29-12)14-5-4-6-15(23)9-14)22(27)18-11-25(3)19-10-16(28-13(2)26)7-8-17(18)19/h4-11H,1-3H3. The van der Waals surface area contributed by atoms with Crippen molar-refractivity contribution in [1.82, 2.24) is 9.72 Å². The number of hydrogen-bond acceptors (Lipinski definition) is 5. The van der Waals surface area contributed by atoms with Gasteiger partial charge in [0.2, 0.25) is 5.78 Å². The SMILES string of the molecule is CC(=O)Oc1ccc2c(C(=O)c3c(-c4cccc(F)c4)noc3C)cn(C)c2c1. The minimum absolute atomic E-state index is 0.283. The number of carbonyl (C=O) groups is 2. The molecule has 0 fully saturated rings. The average Bonchev–Trinajstić information content (AvgIpc) is 3.21. The van der Waals surface area contributed by atoms with Crippen LogP contribution in [0, 0.1) is 12.7 Å². The van der Waals surface area contributed by atoms with Gasteiger partial charge >= 0.3 is 5.97 Å². The normalized spacial score (nSPS) is 11.0. The van der Waals surface area contributed by atoms with Crippen LogP contribution in [0.2, 0.25) is 0 Å². The highest BCUT2D eigenvalue weighted by atomic mass is 19.1. The minimum atomic E-state index is -0.426. The highest BCUT2D eigenvalue weighted by molar-refractivity contribution is 6.19. The van der Waals surface area contributed by atoms with Crippen molar-refractivity contribution in [3.8, 4) is 17.0 Å². The second-order valence-electron chi connectivity index (χ2n) is 6.73. The summed E-state index contributed by atoms with van der Waals surface area (Å²) in [6, 6.07) is 10.9. The van der Waals surface area contributed by atoms with Crippen molar-refractivity contribution in [3.63, 3.8) is 0 Å². The van der Waals surface area contributed by atoms with Crippen LogP contribution < -0.4 is 4.74 Å². The van der Waals surface area contributed by atoms with Crippen LogP contribution in [-0.4, -0.2) is 21.5 Å². The number of ether oxygens (including phenoxy) is 1. The Bertz CT molecular complexity index is 1270. The van der Waals surface area contributed by atoms with Gasteiger partial charge in [-0.3, -0.25) is 9.59 Å². The molecule has 2 aromatic carbocycles. The van der Waals surface area contributed by atoms with Crippen LogP contribution in [0.4, 0.5) is 4.39 Å². The third-order valence-electron chi connectivity index (χ3n) is 4.66. The van der Waals surface area contributed by atoms with Crippen molar-refractivity contribution in [2.45, 2.75) is 13.8 Å². The number of carbonyl (C=O) groups excluding carboxylic acids is 2. The van der Waals surface area contributed by atoms with Crippen LogP contribution in [0.3, 0.4) is 0 Å². The van der Waals surface area contributed by atoms with E-state index in [1.54, 1.807) is 55.1 Å². The number of aromatic nitrogens is 2. The molecule has 146 valence electrons. The second kappa shape index (κ2) is 7.01. The molecule has 0 unspecified atom stereocenters. The molecule has 0 aliphatic carbocycles. The van der Waals surface area contributed by atoms with Crippen molar-refractivity contribution < 1.29 is 23.2 Å². The van der Waals surface area contributed by atoms with Gasteiger partial charge in [-0.1, -0.05) is 17.3 Å². The number of ketones is 1. The zero-order valence-corrected chi connectivity index (χ0v) is 16.0. The molecule has 4 rings (SSSR count). The lowest BCUT2D eigenvalue weighted by Crippen LogP contribution is -2.03.